The van der Waals surface area contributed by atoms with Gasteiger partial charge in [-0.05, 0) is 13.0 Å². The van der Waals surface area contributed by atoms with Gasteiger partial charge >= 0.3 is 0 Å². The van der Waals surface area contributed by atoms with E-state index in [2.05, 4.69) is 15.0 Å². The summed E-state index contributed by atoms with van der Waals surface area (Å²) in [5.74, 6) is 0.759. The van der Waals surface area contributed by atoms with Crippen LogP contribution in [0.25, 0.3) is 10.6 Å². The van der Waals surface area contributed by atoms with Gasteiger partial charge in [-0.2, -0.15) is 0 Å². The number of methoxy groups -OCH3 is 1. The van der Waals surface area contributed by atoms with E-state index >= 15 is 0 Å². The first-order valence-electron chi connectivity index (χ1n) is 4.09. The van der Waals surface area contributed by atoms with Crippen molar-refractivity contribution in [2.75, 3.05) is 7.11 Å². The zero-order valence-corrected chi connectivity index (χ0v) is 8.71. The normalized spacial score (nSPS) is 10.1. The van der Waals surface area contributed by atoms with E-state index in [0.717, 1.165) is 16.4 Å². The molecular formula is C9H9N3OS. The molecular weight excluding hydrogens is 198 g/mol. The lowest BCUT2D eigenvalue weighted by Crippen LogP contribution is -1.87. The molecule has 0 N–H and O–H groups in total. The fourth-order valence-corrected chi connectivity index (χ4v) is 1.76. The summed E-state index contributed by atoms with van der Waals surface area (Å²) in [5.41, 5.74) is 0.887. The highest BCUT2D eigenvalue weighted by atomic mass is 32.1. The lowest BCUT2D eigenvalue weighted by atomic mass is 10.3. The van der Waals surface area contributed by atoms with Gasteiger partial charge in [-0.3, -0.25) is 0 Å². The molecule has 0 atom stereocenters. The minimum atomic E-state index is 0.649. The molecule has 0 radical (unpaired) electrons. The molecule has 2 rings (SSSR count). The quantitative estimate of drug-likeness (QED) is 0.754. The number of hydrogen-bond acceptors (Lipinski definition) is 5. The lowest BCUT2D eigenvalue weighted by Gasteiger charge is -1.95. The topological polar surface area (TPSA) is 47.9 Å². The Kier molecular flexibility index (Phi) is 2.41. The second kappa shape index (κ2) is 3.71. The Hall–Kier alpha value is -1.49. The highest BCUT2D eigenvalue weighted by Gasteiger charge is 2.05. The van der Waals surface area contributed by atoms with Gasteiger partial charge in [-0.25, -0.2) is 15.0 Å². The predicted molar refractivity (Wildman–Crippen MR) is 54.4 cm³/mol. The molecule has 0 aliphatic heterocycles. The molecule has 0 saturated carbocycles. The largest absolute Gasteiger partial charge is 0.473 e. The smallest absolute Gasteiger partial charge is 0.273 e. The molecule has 2 heterocycles. The third-order valence-corrected chi connectivity index (χ3v) is 2.67. The summed E-state index contributed by atoms with van der Waals surface area (Å²) < 4.78 is 5.01. The van der Waals surface area contributed by atoms with Crippen LogP contribution in [0.15, 0.2) is 18.5 Å². The number of aryl methyl sites for hydroxylation is 1. The fourth-order valence-electron chi connectivity index (χ4n) is 1.06. The highest BCUT2D eigenvalue weighted by molar-refractivity contribution is 7.16. The van der Waals surface area contributed by atoms with Gasteiger partial charge in [-0.1, -0.05) is 11.3 Å². The van der Waals surface area contributed by atoms with Gasteiger partial charge in [0.1, 0.15) is 5.82 Å². The number of rotatable bonds is 2. The highest BCUT2D eigenvalue weighted by Crippen LogP contribution is 2.28. The number of ether oxygens (including phenoxy) is 1. The van der Waals surface area contributed by atoms with E-state index in [-0.39, 0.29) is 0 Å². The van der Waals surface area contributed by atoms with Crippen LogP contribution < -0.4 is 4.74 Å². The van der Waals surface area contributed by atoms with Gasteiger partial charge < -0.3 is 4.74 Å². The van der Waals surface area contributed by atoms with Gasteiger partial charge in [0, 0.05) is 6.20 Å². The molecule has 2 aromatic rings. The van der Waals surface area contributed by atoms with Crippen molar-refractivity contribution < 1.29 is 4.74 Å². The van der Waals surface area contributed by atoms with Crippen molar-refractivity contribution in [2.45, 2.75) is 6.92 Å². The van der Waals surface area contributed by atoms with Crippen LogP contribution in [0, 0.1) is 6.92 Å². The van der Waals surface area contributed by atoms with Crippen molar-refractivity contribution >= 4 is 11.3 Å². The third-order valence-electron chi connectivity index (χ3n) is 1.69. The molecule has 0 aliphatic rings. The Labute approximate surface area is 85.6 Å². The Bertz CT molecular complexity index is 441. The van der Waals surface area contributed by atoms with Gasteiger partial charge in [0.05, 0.1) is 23.9 Å². The average Bonchev–Trinajstić information content (AvgIpc) is 2.66. The first-order valence-corrected chi connectivity index (χ1v) is 4.91. The van der Waals surface area contributed by atoms with Crippen molar-refractivity contribution in [2.24, 2.45) is 0 Å². The van der Waals surface area contributed by atoms with Crippen molar-refractivity contribution in [3.8, 4) is 15.8 Å². The van der Waals surface area contributed by atoms with Crippen LogP contribution in [0.3, 0.4) is 0 Å². The zero-order chi connectivity index (χ0) is 9.97. The van der Waals surface area contributed by atoms with Crippen molar-refractivity contribution in [1.29, 1.82) is 0 Å². The minimum absolute atomic E-state index is 0.649. The third kappa shape index (κ3) is 1.72. The molecule has 0 aliphatic carbocycles. The van der Waals surface area contributed by atoms with Crippen LogP contribution in [0.4, 0.5) is 0 Å². The average molecular weight is 207 g/mol. The van der Waals surface area contributed by atoms with Crippen LogP contribution in [0.2, 0.25) is 0 Å². The standard InChI is InChI=1S/C9H9N3OS/c1-6-10-4-3-7(12-6)8-5-11-9(13-2)14-8/h3-5H,1-2H3. The number of thiazole rings is 1. The molecule has 0 amide bonds. The Balaban J connectivity index is 2.39. The molecule has 4 nitrogen and oxygen atoms in total. The number of hydrogen-bond donors (Lipinski definition) is 0. The summed E-state index contributed by atoms with van der Waals surface area (Å²) in [6.45, 7) is 1.86. The Morgan fingerprint density at radius 1 is 1.36 bits per heavy atom. The molecule has 5 heteroatoms. The lowest BCUT2D eigenvalue weighted by molar-refractivity contribution is 0.412. The maximum absolute atomic E-state index is 5.01. The summed E-state index contributed by atoms with van der Waals surface area (Å²) >= 11 is 1.47. The van der Waals surface area contributed by atoms with Crippen LogP contribution in [0.1, 0.15) is 5.82 Å². The maximum Gasteiger partial charge on any atom is 0.273 e. The van der Waals surface area contributed by atoms with E-state index in [9.17, 15) is 0 Å². The molecule has 72 valence electrons. The number of aromatic nitrogens is 3. The second-order valence-corrected chi connectivity index (χ2v) is 3.68. The summed E-state index contributed by atoms with van der Waals surface area (Å²) in [6.07, 6.45) is 3.50. The predicted octanol–water partition coefficient (Wildman–Crippen LogP) is 1.92. The maximum atomic E-state index is 5.01. The summed E-state index contributed by atoms with van der Waals surface area (Å²) in [5, 5.41) is 0.649. The summed E-state index contributed by atoms with van der Waals surface area (Å²) in [6, 6.07) is 1.86. The van der Waals surface area contributed by atoms with Crippen LogP contribution in [-0.2, 0) is 0 Å². The van der Waals surface area contributed by atoms with Gasteiger partial charge in [0.25, 0.3) is 5.19 Å². The molecule has 0 saturated heterocycles. The molecule has 2 aromatic heterocycles. The second-order valence-electron chi connectivity index (χ2n) is 2.68. The molecule has 0 spiro atoms. The van der Waals surface area contributed by atoms with E-state index in [0.29, 0.717) is 5.19 Å². The first kappa shape index (κ1) is 9.08. The van der Waals surface area contributed by atoms with E-state index < -0.39 is 0 Å². The summed E-state index contributed by atoms with van der Waals surface area (Å²) in [4.78, 5) is 13.4. The summed E-state index contributed by atoms with van der Waals surface area (Å²) in [7, 11) is 1.61. The Morgan fingerprint density at radius 3 is 2.86 bits per heavy atom. The molecule has 14 heavy (non-hydrogen) atoms. The van der Waals surface area contributed by atoms with Gasteiger partial charge in [-0.15, -0.1) is 0 Å². The molecule has 0 aromatic carbocycles. The van der Waals surface area contributed by atoms with E-state index in [1.807, 2.05) is 13.0 Å². The van der Waals surface area contributed by atoms with Crippen LogP contribution in [0.5, 0.6) is 5.19 Å². The molecule has 0 bridgehead atoms. The molecule has 0 fully saturated rings. The van der Waals surface area contributed by atoms with Crippen molar-refractivity contribution in [3.63, 3.8) is 0 Å². The van der Waals surface area contributed by atoms with E-state index in [1.54, 1.807) is 19.5 Å². The minimum Gasteiger partial charge on any atom is -0.473 e. The first-order chi connectivity index (χ1) is 6.79. The van der Waals surface area contributed by atoms with Crippen molar-refractivity contribution in [1.82, 2.24) is 15.0 Å². The van der Waals surface area contributed by atoms with Gasteiger partial charge in [0.2, 0.25) is 0 Å². The van der Waals surface area contributed by atoms with E-state index in [4.69, 9.17) is 4.74 Å². The Morgan fingerprint density at radius 2 is 2.21 bits per heavy atom. The van der Waals surface area contributed by atoms with Gasteiger partial charge in [0.15, 0.2) is 0 Å². The van der Waals surface area contributed by atoms with E-state index in [1.165, 1.54) is 11.3 Å². The van der Waals surface area contributed by atoms with Crippen molar-refractivity contribution in [3.05, 3.63) is 24.3 Å². The van der Waals surface area contributed by atoms with Crippen LogP contribution in [-0.4, -0.2) is 22.1 Å². The number of nitrogens with zero attached hydrogens (tertiary/aromatic N) is 3. The fraction of sp³-hybridized carbons (Fsp3) is 0.222. The van der Waals surface area contributed by atoms with Crippen LogP contribution >= 0.6 is 11.3 Å². The zero-order valence-electron chi connectivity index (χ0n) is 7.89. The molecule has 0 unspecified atom stereocenters. The monoisotopic (exact) mass is 207 g/mol. The SMILES string of the molecule is COc1ncc(-c2ccnc(C)n2)s1.